The molecule has 0 N–H and O–H groups in total. The Balaban J connectivity index is 1.65. The van der Waals surface area contributed by atoms with Crippen molar-refractivity contribution in [3.8, 4) is 11.5 Å². The normalized spacial score (nSPS) is 14.6. The number of para-hydroxylation sites is 2. The molecule has 0 aliphatic carbocycles. The third-order valence-corrected chi connectivity index (χ3v) is 2.98. The molecule has 0 aromatic heterocycles. The maximum Gasteiger partial charge on any atom is 0.624 e. The van der Waals surface area contributed by atoms with Crippen LogP contribution < -0.4 is 9.31 Å². The second kappa shape index (κ2) is 7.03. The molecule has 0 fully saturated rings. The van der Waals surface area contributed by atoms with Gasteiger partial charge in [0.1, 0.15) is 11.5 Å². The summed E-state index contributed by atoms with van der Waals surface area (Å²) in [6.45, 7) is 3.34. The standard InChI is InChI=1S/C15H19BO4/c1-12(18-13(2)17)8-4-3-7-11-16-19-14-9-5-6-10-15(14)20-16/h5-7,9-12H,3-4,8H2,1-2H3/b11-7+. The second-order valence-electron chi connectivity index (χ2n) is 4.83. The highest BCUT2D eigenvalue weighted by Gasteiger charge is 2.28. The van der Waals surface area contributed by atoms with Crippen LogP contribution in [0, 0.1) is 0 Å². The number of fused-ring (bicyclic) bond motifs is 1. The van der Waals surface area contributed by atoms with Gasteiger partial charge in [0, 0.05) is 6.92 Å². The number of carbonyl (C=O) groups is 1. The summed E-state index contributed by atoms with van der Waals surface area (Å²) in [5.41, 5.74) is 0. The fourth-order valence-electron chi connectivity index (χ4n) is 2.07. The van der Waals surface area contributed by atoms with Gasteiger partial charge in [-0.1, -0.05) is 18.2 Å². The zero-order valence-electron chi connectivity index (χ0n) is 11.9. The molecule has 2 rings (SSSR count). The molecule has 0 saturated carbocycles. The zero-order valence-corrected chi connectivity index (χ0v) is 11.9. The number of benzene rings is 1. The van der Waals surface area contributed by atoms with E-state index in [1.54, 1.807) is 0 Å². The SMILES string of the molecule is CC(=O)OC(C)CCC/C=C/B1Oc2ccccc2O1. The number of hydrogen-bond acceptors (Lipinski definition) is 4. The number of unbranched alkanes of at least 4 members (excludes halogenated alkanes) is 1. The second-order valence-corrected chi connectivity index (χ2v) is 4.83. The van der Waals surface area contributed by atoms with E-state index in [0.717, 1.165) is 30.8 Å². The number of carbonyl (C=O) groups excluding carboxylic acids is 1. The first-order chi connectivity index (χ1) is 9.65. The van der Waals surface area contributed by atoms with Crippen molar-refractivity contribution in [3.05, 3.63) is 36.3 Å². The lowest BCUT2D eigenvalue weighted by Crippen LogP contribution is -2.21. The topological polar surface area (TPSA) is 44.8 Å². The monoisotopic (exact) mass is 274 g/mol. The van der Waals surface area contributed by atoms with Gasteiger partial charge in [0.15, 0.2) is 0 Å². The highest BCUT2D eigenvalue weighted by molar-refractivity contribution is 6.53. The average molecular weight is 274 g/mol. The molecule has 1 aromatic rings. The van der Waals surface area contributed by atoms with Crippen molar-refractivity contribution in [2.45, 2.75) is 39.2 Å². The van der Waals surface area contributed by atoms with E-state index in [1.807, 2.05) is 43.2 Å². The first-order valence-electron chi connectivity index (χ1n) is 6.91. The van der Waals surface area contributed by atoms with E-state index in [1.165, 1.54) is 6.92 Å². The van der Waals surface area contributed by atoms with Crippen molar-refractivity contribution in [3.63, 3.8) is 0 Å². The Morgan fingerprint density at radius 2 is 2.00 bits per heavy atom. The van der Waals surface area contributed by atoms with E-state index >= 15 is 0 Å². The van der Waals surface area contributed by atoms with Crippen LogP contribution in [0.25, 0.3) is 0 Å². The Morgan fingerprint density at radius 1 is 1.35 bits per heavy atom. The van der Waals surface area contributed by atoms with Crippen LogP contribution in [-0.4, -0.2) is 19.2 Å². The van der Waals surface area contributed by atoms with Crippen molar-refractivity contribution in [1.82, 2.24) is 0 Å². The number of rotatable bonds is 6. The Labute approximate surface area is 119 Å². The van der Waals surface area contributed by atoms with Crippen molar-refractivity contribution in [2.24, 2.45) is 0 Å². The van der Waals surface area contributed by atoms with Crippen molar-refractivity contribution >= 4 is 13.1 Å². The van der Waals surface area contributed by atoms with Crippen molar-refractivity contribution < 1.29 is 18.8 Å². The lowest BCUT2D eigenvalue weighted by Gasteiger charge is -2.10. The van der Waals surface area contributed by atoms with Crippen molar-refractivity contribution in [2.75, 3.05) is 0 Å². The number of esters is 1. The van der Waals surface area contributed by atoms with Gasteiger partial charge in [-0.15, -0.1) is 0 Å². The Morgan fingerprint density at radius 3 is 2.60 bits per heavy atom. The summed E-state index contributed by atoms with van der Waals surface area (Å²) in [5, 5.41) is 0. The van der Waals surface area contributed by atoms with Crippen LogP contribution in [0.5, 0.6) is 11.5 Å². The Bertz CT molecular complexity index is 462. The summed E-state index contributed by atoms with van der Waals surface area (Å²) in [7, 11) is -0.335. The van der Waals surface area contributed by atoms with Gasteiger partial charge in [0.2, 0.25) is 0 Å². The van der Waals surface area contributed by atoms with E-state index in [9.17, 15) is 4.79 Å². The minimum absolute atomic E-state index is 0.0239. The minimum atomic E-state index is -0.335. The summed E-state index contributed by atoms with van der Waals surface area (Å²) in [4.78, 5) is 10.8. The average Bonchev–Trinajstić information content (AvgIpc) is 2.80. The number of allylic oxidation sites excluding steroid dienone is 1. The van der Waals surface area contributed by atoms with E-state index in [4.69, 9.17) is 14.0 Å². The molecule has 4 nitrogen and oxygen atoms in total. The molecule has 1 atom stereocenters. The highest BCUT2D eigenvalue weighted by atomic mass is 16.6. The van der Waals surface area contributed by atoms with E-state index in [2.05, 4.69) is 0 Å². The van der Waals surface area contributed by atoms with E-state index in [0.29, 0.717) is 0 Å². The number of ether oxygens (including phenoxy) is 1. The summed E-state index contributed by atoms with van der Waals surface area (Å²) < 4.78 is 16.3. The quantitative estimate of drug-likeness (QED) is 0.454. The summed E-state index contributed by atoms with van der Waals surface area (Å²) >= 11 is 0. The number of hydrogen-bond donors (Lipinski definition) is 0. The van der Waals surface area contributed by atoms with Crippen LogP contribution in [0.1, 0.15) is 33.1 Å². The van der Waals surface area contributed by atoms with Gasteiger partial charge < -0.3 is 14.0 Å². The molecule has 106 valence electrons. The molecule has 1 unspecified atom stereocenters. The lowest BCUT2D eigenvalue weighted by molar-refractivity contribution is -0.145. The van der Waals surface area contributed by atoms with Crippen LogP contribution in [0.15, 0.2) is 36.3 Å². The van der Waals surface area contributed by atoms with Gasteiger partial charge in [-0.2, -0.15) is 0 Å². The lowest BCUT2D eigenvalue weighted by atomic mass is 9.90. The van der Waals surface area contributed by atoms with Gasteiger partial charge >= 0.3 is 13.1 Å². The maximum atomic E-state index is 10.8. The molecule has 20 heavy (non-hydrogen) atoms. The predicted octanol–water partition coefficient (Wildman–Crippen LogP) is 3.16. The zero-order chi connectivity index (χ0) is 14.4. The molecule has 1 aromatic carbocycles. The van der Waals surface area contributed by atoms with Crippen LogP contribution in [-0.2, 0) is 9.53 Å². The van der Waals surface area contributed by atoms with Gasteiger partial charge in [-0.3, -0.25) is 4.79 Å². The van der Waals surface area contributed by atoms with Gasteiger partial charge in [0.05, 0.1) is 6.10 Å². The van der Waals surface area contributed by atoms with Crippen molar-refractivity contribution in [1.29, 1.82) is 0 Å². The third-order valence-electron chi connectivity index (χ3n) is 2.98. The maximum absolute atomic E-state index is 10.8. The fraction of sp³-hybridized carbons (Fsp3) is 0.400. The molecule has 1 aliphatic heterocycles. The van der Waals surface area contributed by atoms with E-state index in [-0.39, 0.29) is 19.2 Å². The van der Waals surface area contributed by atoms with Gasteiger partial charge in [0.25, 0.3) is 0 Å². The minimum Gasteiger partial charge on any atom is -0.520 e. The Hall–Kier alpha value is -1.91. The molecular formula is C15H19BO4. The highest BCUT2D eigenvalue weighted by Crippen LogP contribution is 2.32. The van der Waals surface area contributed by atoms with Gasteiger partial charge in [-0.25, -0.2) is 0 Å². The summed E-state index contributed by atoms with van der Waals surface area (Å²) in [6.07, 6.45) is 4.74. The Kier molecular flexibility index (Phi) is 5.10. The molecule has 1 heterocycles. The van der Waals surface area contributed by atoms with Crippen LogP contribution in [0.2, 0.25) is 0 Å². The predicted molar refractivity (Wildman–Crippen MR) is 77.7 cm³/mol. The fourth-order valence-corrected chi connectivity index (χ4v) is 2.07. The van der Waals surface area contributed by atoms with E-state index < -0.39 is 0 Å². The van der Waals surface area contributed by atoms with Crippen LogP contribution in [0.4, 0.5) is 0 Å². The molecular weight excluding hydrogens is 255 g/mol. The smallest absolute Gasteiger partial charge is 0.520 e. The van der Waals surface area contributed by atoms with Crippen LogP contribution >= 0.6 is 0 Å². The molecule has 0 amide bonds. The molecule has 0 bridgehead atoms. The summed E-state index contributed by atoms with van der Waals surface area (Å²) in [5.74, 6) is 3.26. The largest absolute Gasteiger partial charge is 0.624 e. The molecule has 1 aliphatic rings. The first kappa shape index (κ1) is 14.5. The molecule has 0 spiro atoms. The van der Waals surface area contributed by atoms with Crippen LogP contribution in [0.3, 0.4) is 0 Å². The molecule has 0 saturated heterocycles. The molecule has 5 heteroatoms. The molecule has 0 radical (unpaired) electrons. The first-order valence-corrected chi connectivity index (χ1v) is 6.91. The summed E-state index contributed by atoms with van der Waals surface area (Å²) in [6, 6.07) is 7.63. The van der Waals surface area contributed by atoms with Gasteiger partial charge in [-0.05, 0) is 44.3 Å². The third kappa shape index (κ3) is 4.33.